The van der Waals surface area contributed by atoms with E-state index < -0.39 is 0 Å². The lowest BCUT2D eigenvalue weighted by molar-refractivity contribution is 0.0993. The SMILES string of the molecule is CNc1ccc(N(C)C(=O)c2ccc(F)cc2)cn1. The van der Waals surface area contributed by atoms with Crippen molar-refractivity contribution in [2.75, 3.05) is 24.3 Å². The van der Waals surface area contributed by atoms with Gasteiger partial charge in [0.2, 0.25) is 0 Å². The number of carbonyl (C=O) groups is 1. The molecule has 1 N–H and O–H groups in total. The van der Waals surface area contributed by atoms with Gasteiger partial charge in [-0.25, -0.2) is 9.37 Å². The molecule has 19 heavy (non-hydrogen) atoms. The Labute approximate surface area is 110 Å². The average molecular weight is 259 g/mol. The summed E-state index contributed by atoms with van der Waals surface area (Å²) in [7, 11) is 3.43. The molecule has 1 heterocycles. The van der Waals surface area contributed by atoms with Gasteiger partial charge in [0.1, 0.15) is 11.6 Å². The second-order valence-corrected chi connectivity index (χ2v) is 4.02. The maximum Gasteiger partial charge on any atom is 0.258 e. The van der Waals surface area contributed by atoms with E-state index in [4.69, 9.17) is 0 Å². The predicted octanol–water partition coefficient (Wildman–Crippen LogP) is 2.54. The minimum atomic E-state index is -0.362. The Morgan fingerprint density at radius 3 is 2.42 bits per heavy atom. The van der Waals surface area contributed by atoms with Gasteiger partial charge >= 0.3 is 0 Å². The van der Waals surface area contributed by atoms with Crippen LogP contribution in [0.15, 0.2) is 42.6 Å². The fourth-order valence-corrected chi connectivity index (χ4v) is 1.64. The summed E-state index contributed by atoms with van der Waals surface area (Å²) in [6.07, 6.45) is 1.60. The zero-order valence-electron chi connectivity index (χ0n) is 10.7. The fraction of sp³-hybridized carbons (Fsp3) is 0.143. The first kappa shape index (κ1) is 13.0. The van der Waals surface area contributed by atoms with Crippen LogP contribution >= 0.6 is 0 Å². The zero-order chi connectivity index (χ0) is 13.8. The van der Waals surface area contributed by atoms with Gasteiger partial charge in [-0.1, -0.05) is 0 Å². The highest BCUT2D eigenvalue weighted by Crippen LogP contribution is 2.16. The molecule has 1 aromatic carbocycles. The van der Waals surface area contributed by atoms with Crippen molar-refractivity contribution in [1.82, 2.24) is 4.98 Å². The maximum absolute atomic E-state index is 12.8. The summed E-state index contributed by atoms with van der Waals surface area (Å²) in [4.78, 5) is 17.8. The number of anilines is 2. The van der Waals surface area contributed by atoms with Crippen LogP contribution in [0.4, 0.5) is 15.9 Å². The second-order valence-electron chi connectivity index (χ2n) is 4.02. The number of halogens is 1. The smallest absolute Gasteiger partial charge is 0.258 e. The van der Waals surface area contributed by atoms with Gasteiger partial charge < -0.3 is 10.2 Å². The number of rotatable bonds is 3. The lowest BCUT2D eigenvalue weighted by Gasteiger charge is -2.17. The first-order valence-corrected chi connectivity index (χ1v) is 5.79. The van der Waals surface area contributed by atoms with Crippen molar-refractivity contribution in [1.29, 1.82) is 0 Å². The van der Waals surface area contributed by atoms with Crippen molar-refractivity contribution in [2.24, 2.45) is 0 Å². The number of aromatic nitrogens is 1. The zero-order valence-corrected chi connectivity index (χ0v) is 10.7. The number of hydrogen-bond acceptors (Lipinski definition) is 3. The Kier molecular flexibility index (Phi) is 3.75. The van der Waals surface area contributed by atoms with E-state index in [0.29, 0.717) is 11.3 Å². The molecule has 0 atom stereocenters. The lowest BCUT2D eigenvalue weighted by atomic mass is 10.2. The van der Waals surface area contributed by atoms with Crippen LogP contribution in [0.3, 0.4) is 0 Å². The van der Waals surface area contributed by atoms with Crippen LogP contribution < -0.4 is 10.2 Å². The van der Waals surface area contributed by atoms with Crippen molar-refractivity contribution >= 4 is 17.4 Å². The molecule has 0 saturated heterocycles. The Hall–Kier alpha value is -2.43. The highest BCUT2D eigenvalue weighted by molar-refractivity contribution is 6.05. The van der Waals surface area contributed by atoms with E-state index in [1.54, 1.807) is 32.4 Å². The molecular weight excluding hydrogens is 245 g/mol. The Balaban J connectivity index is 2.20. The molecule has 0 aliphatic rings. The summed E-state index contributed by atoms with van der Waals surface area (Å²) in [6, 6.07) is 9.03. The molecule has 0 radical (unpaired) electrons. The summed E-state index contributed by atoms with van der Waals surface area (Å²) in [5.74, 6) is 0.157. The number of nitrogens with one attached hydrogen (secondary N) is 1. The third-order valence-corrected chi connectivity index (χ3v) is 2.79. The third-order valence-electron chi connectivity index (χ3n) is 2.79. The predicted molar refractivity (Wildman–Crippen MR) is 72.9 cm³/mol. The third kappa shape index (κ3) is 2.88. The summed E-state index contributed by atoms with van der Waals surface area (Å²) >= 11 is 0. The first-order chi connectivity index (χ1) is 9.11. The second kappa shape index (κ2) is 5.48. The van der Waals surface area contributed by atoms with Crippen LogP contribution in [0.25, 0.3) is 0 Å². The summed E-state index contributed by atoms with van der Waals surface area (Å²) in [5.41, 5.74) is 1.11. The average Bonchev–Trinajstić information content (AvgIpc) is 2.46. The first-order valence-electron chi connectivity index (χ1n) is 5.79. The molecule has 0 aliphatic heterocycles. The van der Waals surface area contributed by atoms with Gasteiger partial charge in [0.15, 0.2) is 0 Å². The van der Waals surface area contributed by atoms with E-state index in [2.05, 4.69) is 10.3 Å². The minimum Gasteiger partial charge on any atom is -0.373 e. The quantitative estimate of drug-likeness (QED) is 0.921. The van der Waals surface area contributed by atoms with E-state index in [0.717, 1.165) is 5.82 Å². The molecule has 0 spiro atoms. The number of hydrogen-bond donors (Lipinski definition) is 1. The molecule has 1 amide bonds. The van der Waals surface area contributed by atoms with E-state index in [-0.39, 0.29) is 11.7 Å². The molecule has 2 rings (SSSR count). The van der Waals surface area contributed by atoms with Crippen molar-refractivity contribution in [2.45, 2.75) is 0 Å². The molecule has 0 bridgehead atoms. The minimum absolute atomic E-state index is 0.209. The normalized spacial score (nSPS) is 10.1. The van der Waals surface area contributed by atoms with Gasteiger partial charge in [-0.2, -0.15) is 0 Å². The van der Waals surface area contributed by atoms with Gasteiger partial charge in [0.25, 0.3) is 5.91 Å². The van der Waals surface area contributed by atoms with Crippen LogP contribution in [-0.2, 0) is 0 Å². The van der Waals surface area contributed by atoms with Crippen LogP contribution in [0.5, 0.6) is 0 Å². The van der Waals surface area contributed by atoms with Crippen molar-refractivity contribution < 1.29 is 9.18 Å². The van der Waals surface area contributed by atoms with Gasteiger partial charge in [0.05, 0.1) is 11.9 Å². The lowest BCUT2D eigenvalue weighted by Crippen LogP contribution is -2.26. The molecule has 1 aromatic heterocycles. The van der Waals surface area contributed by atoms with E-state index >= 15 is 0 Å². The van der Waals surface area contributed by atoms with Crippen molar-refractivity contribution in [3.05, 3.63) is 54.0 Å². The summed E-state index contributed by atoms with van der Waals surface area (Å²) in [5, 5.41) is 2.90. The van der Waals surface area contributed by atoms with Gasteiger partial charge in [-0.3, -0.25) is 4.79 Å². The van der Waals surface area contributed by atoms with Crippen LogP contribution in [-0.4, -0.2) is 25.0 Å². The Morgan fingerprint density at radius 2 is 1.89 bits per heavy atom. The molecule has 0 saturated carbocycles. The molecule has 2 aromatic rings. The van der Waals surface area contributed by atoms with Gasteiger partial charge in [-0.15, -0.1) is 0 Å². The largest absolute Gasteiger partial charge is 0.373 e. The molecular formula is C14H14FN3O. The molecule has 4 nitrogen and oxygen atoms in total. The Morgan fingerprint density at radius 1 is 1.21 bits per heavy atom. The molecule has 0 unspecified atom stereocenters. The highest BCUT2D eigenvalue weighted by atomic mass is 19.1. The highest BCUT2D eigenvalue weighted by Gasteiger charge is 2.13. The molecule has 0 fully saturated rings. The van der Waals surface area contributed by atoms with Crippen molar-refractivity contribution in [3.8, 4) is 0 Å². The van der Waals surface area contributed by atoms with Crippen LogP contribution in [0, 0.1) is 5.82 Å². The standard InChI is InChI=1S/C14H14FN3O/c1-16-13-8-7-12(9-17-13)18(2)14(19)10-3-5-11(15)6-4-10/h3-9H,1-2H3,(H,16,17). The van der Waals surface area contributed by atoms with E-state index in [1.807, 2.05) is 0 Å². The maximum atomic E-state index is 12.8. The fourth-order valence-electron chi connectivity index (χ4n) is 1.64. The van der Waals surface area contributed by atoms with Crippen LogP contribution in [0.2, 0.25) is 0 Å². The van der Waals surface area contributed by atoms with E-state index in [9.17, 15) is 9.18 Å². The topological polar surface area (TPSA) is 45.2 Å². The number of pyridine rings is 1. The monoisotopic (exact) mass is 259 g/mol. The molecule has 5 heteroatoms. The number of carbonyl (C=O) groups excluding carboxylic acids is 1. The van der Waals surface area contributed by atoms with Gasteiger partial charge in [-0.05, 0) is 36.4 Å². The van der Waals surface area contributed by atoms with Gasteiger partial charge in [0, 0.05) is 19.7 Å². The number of nitrogens with zero attached hydrogens (tertiary/aromatic N) is 2. The number of amides is 1. The molecule has 98 valence electrons. The van der Waals surface area contributed by atoms with Crippen molar-refractivity contribution in [3.63, 3.8) is 0 Å². The Bertz CT molecular complexity index is 566. The summed E-state index contributed by atoms with van der Waals surface area (Å²) < 4.78 is 12.8. The van der Waals surface area contributed by atoms with Crippen LogP contribution in [0.1, 0.15) is 10.4 Å². The molecule has 0 aliphatic carbocycles. The van der Waals surface area contributed by atoms with E-state index in [1.165, 1.54) is 29.2 Å². The number of benzene rings is 1. The summed E-state index contributed by atoms with van der Waals surface area (Å²) in [6.45, 7) is 0.